The van der Waals surface area contributed by atoms with Crippen LogP contribution in [-0.2, 0) is 9.53 Å². The summed E-state index contributed by atoms with van der Waals surface area (Å²) in [7, 11) is 0. The molecule has 6 heteroatoms. The predicted octanol–water partition coefficient (Wildman–Crippen LogP) is 1.69. The largest absolute Gasteiger partial charge is 0.458 e. The highest BCUT2D eigenvalue weighted by Crippen LogP contribution is 2.70. The molecule has 29 heavy (non-hydrogen) atoms. The van der Waals surface area contributed by atoms with Crippen molar-refractivity contribution in [2.24, 2.45) is 28.6 Å². The molecular weight excluding hydrogens is 372 g/mol. The Morgan fingerprint density at radius 2 is 1.83 bits per heavy atom. The van der Waals surface area contributed by atoms with Crippen LogP contribution in [0.4, 0.5) is 0 Å². The SMILES string of the molecule is C[C@]12CC[C@H]3[C@@H](CC[C@@]4(O)C[C@@H](O)CC[C@]34CO)[C@]1(O)CC[C@@H]2C1=CC(=O)OC1. The average Bonchev–Trinajstić information content (AvgIpc) is 3.21. The molecule has 0 aromatic carbocycles. The summed E-state index contributed by atoms with van der Waals surface area (Å²) in [5.41, 5.74) is -1.88. The van der Waals surface area contributed by atoms with Crippen molar-refractivity contribution in [1.29, 1.82) is 0 Å². The number of ether oxygens (including phenoxy) is 1. The Hall–Kier alpha value is -0.950. The highest BCUT2D eigenvalue weighted by Gasteiger charge is 2.71. The lowest BCUT2D eigenvalue weighted by Gasteiger charge is -2.66. The van der Waals surface area contributed by atoms with Crippen molar-refractivity contribution < 1.29 is 30.0 Å². The van der Waals surface area contributed by atoms with Crippen LogP contribution >= 0.6 is 0 Å². The number of aliphatic hydroxyl groups excluding tert-OH is 2. The van der Waals surface area contributed by atoms with Crippen molar-refractivity contribution in [1.82, 2.24) is 0 Å². The quantitative estimate of drug-likeness (QED) is 0.520. The number of aliphatic hydroxyl groups is 4. The molecule has 4 fully saturated rings. The highest BCUT2D eigenvalue weighted by atomic mass is 16.5. The zero-order valence-corrected chi connectivity index (χ0v) is 17.3. The van der Waals surface area contributed by atoms with Crippen molar-refractivity contribution in [3.63, 3.8) is 0 Å². The lowest BCUT2D eigenvalue weighted by molar-refractivity contribution is -0.269. The van der Waals surface area contributed by atoms with Gasteiger partial charge in [-0.05, 0) is 74.7 Å². The van der Waals surface area contributed by atoms with Crippen LogP contribution in [0.1, 0.15) is 64.7 Å². The minimum atomic E-state index is -1.06. The smallest absolute Gasteiger partial charge is 0.331 e. The van der Waals surface area contributed by atoms with E-state index in [0.717, 1.165) is 24.8 Å². The van der Waals surface area contributed by atoms with E-state index in [9.17, 15) is 25.2 Å². The summed E-state index contributed by atoms with van der Waals surface area (Å²) in [6, 6.07) is 0. The van der Waals surface area contributed by atoms with Crippen LogP contribution in [0.3, 0.4) is 0 Å². The first-order valence-electron chi connectivity index (χ1n) is 11.3. The molecule has 0 aromatic rings. The van der Waals surface area contributed by atoms with Gasteiger partial charge in [0, 0.05) is 23.3 Å². The molecule has 5 aliphatic rings. The van der Waals surface area contributed by atoms with Crippen LogP contribution in [0, 0.1) is 28.6 Å². The van der Waals surface area contributed by atoms with E-state index in [1.165, 1.54) is 0 Å². The van der Waals surface area contributed by atoms with Crippen LogP contribution in [0.15, 0.2) is 11.6 Å². The van der Waals surface area contributed by atoms with Crippen LogP contribution in [-0.4, -0.2) is 56.9 Å². The van der Waals surface area contributed by atoms with E-state index in [0.29, 0.717) is 45.1 Å². The predicted molar refractivity (Wildman–Crippen MR) is 105 cm³/mol. The van der Waals surface area contributed by atoms with Gasteiger partial charge in [-0.3, -0.25) is 0 Å². The van der Waals surface area contributed by atoms with Crippen LogP contribution in [0.2, 0.25) is 0 Å². The Morgan fingerprint density at radius 3 is 2.52 bits per heavy atom. The van der Waals surface area contributed by atoms with Crippen molar-refractivity contribution in [2.75, 3.05) is 13.2 Å². The second-order valence-corrected chi connectivity index (χ2v) is 10.8. The highest BCUT2D eigenvalue weighted by molar-refractivity contribution is 5.85. The second kappa shape index (κ2) is 6.28. The van der Waals surface area contributed by atoms with Gasteiger partial charge in [-0.25, -0.2) is 4.79 Å². The molecule has 0 amide bonds. The lowest BCUT2D eigenvalue weighted by atomic mass is 9.41. The van der Waals surface area contributed by atoms with E-state index in [2.05, 4.69) is 6.92 Å². The van der Waals surface area contributed by atoms with Gasteiger partial charge in [-0.2, -0.15) is 0 Å². The molecule has 6 nitrogen and oxygen atoms in total. The van der Waals surface area contributed by atoms with Crippen LogP contribution in [0.25, 0.3) is 0 Å². The van der Waals surface area contributed by atoms with Gasteiger partial charge < -0.3 is 25.2 Å². The fraction of sp³-hybridized carbons (Fsp3) is 0.870. The summed E-state index contributed by atoms with van der Waals surface area (Å²) in [4.78, 5) is 11.6. The van der Waals surface area contributed by atoms with Gasteiger partial charge in [-0.1, -0.05) is 6.92 Å². The van der Waals surface area contributed by atoms with E-state index in [4.69, 9.17) is 4.74 Å². The zero-order valence-electron chi connectivity index (χ0n) is 17.3. The molecule has 8 atom stereocenters. The molecule has 4 N–H and O–H groups in total. The van der Waals surface area contributed by atoms with E-state index in [-0.39, 0.29) is 35.7 Å². The third-order valence-electron chi connectivity index (χ3n) is 10.1. The number of cyclic esters (lactones) is 1. The Bertz CT molecular complexity index is 750. The summed E-state index contributed by atoms with van der Waals surface area (Å²) in [5, 5.41) is 44.4. The molecule has 0 spiro atoms. The Labute approximate surface area is 172 Å². The van der Waals surface area contributed by atoms with Crippen LogP contribution < -0.4 is 0 Å². The van der Waals surface area contributed by atoms with Gasteiger partial charge in [0.25, 0.3) is 0 Å². The van der Waals surface area contributed by atoms with Crippen molar-refractivity contribution in [3.8, 4) is 0 Å². The first-order valence-corrected chi connectivity index (χ1v) is 11.3. The van der Waals surface area contributed by atoms with Crippen LogP contribution in [0.5, 0.6) is 0 Å². The molecule has 162 valence electrons. The van der Waals surface area contributed by atoms with Crippen molar-refractivity contribution >= 4 is 5.97 Å². The summed E-state index contributed by atoms with van der Waals surface area (Å²) in [6.45, 7) is 2.41. The Kier molecular flexibility index (Phi) is 4.33. The van der Waals surface area contributed by atoms with E-state index >= 15 is 0 Å². The van der Waals surface area contributed by atoms with Gasteiger partial charge in [0.1, 0.15) is 6.61 Å². The van der Waals surface area contributed by atoms with Gasteiger partial charge in [0.2, 0.25) is 0 Å². The molecule has 1 aliphatic heterocycles. The molecule has 4 saturated carbocycles. The summed E-state index contributed by atoms with van der Waals surface area (Å²) in [6.07, 6.45) is 7.02. The number of hydrogen-bond donors (Lipinski definition) is 4. The van der Waals surface area contributed by atoms with Gasteiger partial charge >= 0.3 is 5.97 Å². The summed E-state index contributed by atoms with van der Waals surface area (Å²) >= 11 is 0. The molecule has 0 aromatic heterocycles. The standard InChI is InChI=1S/C23H34O6/c1-20-6-3-17-18(4-8-22(27)11-15(25)2-7-21(17,22)13-24)23(20,28)9-5-16(20)14-10-19(26)29-12-14/h10,15-18,24-25,27-28H,2-9,11-13H2,1H3/t15-,16+,17-,18+,20+,21-,22+,23+/m0/s1. The number of esters is 1. The maximum Gasteiger partial charge on any atom is 0.331 e. The zero-order chi connectivity index (χ0) is 20.7. The second-order valence-electron chi connectivity index (χ2n) is 10.8. The molecule has 0 bridgehead atoms. The van der Waals surface area contributed by atoms with E-state index in [1.54, 1.807) is 6.08 Å². The van der Waals surface area contributed by atoms with E-state index in [1.807, 2.05) is 0 Å². The van der Waals surface area contributed by atoms with Gasteiger partial charge in [-0.15, -0.1) is 0 Å². The number of rotatable bonds is 2. The molecule has 0 saturated heterocycles. The number of hydrogen-bond acceptors (Lipinski definition) is 6. The van der Waals surface area contributed by atoms with Crippen molar-refractivity contribution in [3.05, 3.63) is 11.6 Å². The number of carbonyl (C=O) groups is 1. The Morgan fingerprint density at radius 1 is 1.07 bits per heavy atom. The summed E-state index contributed by atoms with van der Waals surface area (Å²) in [5.74, 6) is -0.0760. The molecular formula is C23H34O6. The monoisotopic (exact) mass is 406 g/mol. The van der Waals surface area contributed by atoms with Gasteiger partial charge in [0.15, 0.2) is 0 Å². The first-order chi connectivity index (χ1) is 13.7. The third kappa shape index (κ3) is 2.40. The topological polar surface area (TPSA) is 107 Å². The van der Waals surface area contributed by atoms with Crippen molar-refractivity contribution in [2.45, 2.75) is 82.0 Å². The molecule has 0 unspecified atom stereocenters. The molecule has 1 heterocycles. The summed E-state index contributed by atoms with van der Waals surface area (Å²) < 4.78 is 5.17. The van der Waals surface area contributed by atoms with E-state index < -0.39 is 22.7 Å². The minimum absolute atomic E-state index is 0.0209. The first kappa shape index (κ1) is 20.0. The van der Waals surface area contributed by atoms with Gasteiger partial charge in [0.05, 0.1) is 23.9 Å². The third-order valence-corrected chi connectivity index (χ3v) is 10.1. The number of carbonyl (C=O) groups excluding carboxylic acids is 1. The lowest BCUT2D eigenvalue weighted by Crippen LogP contribution is -2.69. The fourth-order valence-corrected chi connectivity index (χ4v) is 8.52. The Balaban J connectivity index is 1.51. The normalized spacial score (nSPS) is 54.2. The molecule has 5 rings (SSSR count). The number of fused-ring (bicyclic) bond motifs is 5. The average molecular weight is 407 g/mol. The maximum atomic E-state index is 12.1. The molecule has 4 aliphatic carbocycles. The fourth-order valence-electron chi connectivity index (χ4n) is 8.52. The maximum absolute atomic E-state index is 12.1. The minimum Gasteiger partial charge on any atom is -0.458 e. The molecule has 0 radical (unpaired) electrons.